The van der Waals surface area contributed by atoms with Crippen LogP contribution in [-0.4, -0.2) is 41.1 Å². The van der Waals surface area contributed by atoms with E-state index in [1.165, 1.54) is 4.31 Å². The predicted molar refractivity (Wildman–Crippen MR) is 148 cm³/mol. The number of aromatic nitrogens is 1. The molecule has 2 aromatic heterocycles. The minimum atomic E-state index is -3.96. The smallest absolute Gasteiger partial charge is 0.245 e. The summed E-state index contributed by atoms with van der Waals surface area (Å²) >= 11 is 1.60. The number of hydrogen-bond acceptors (Lipinski definition) is 5. The zero-order valence-electron chi connectivity index (χ0n) is 20.7. The van der Waals surface area contributed by atoms with Crippen LogP contribution in [-0.2, 0) is 27.9 Å². The third-order valence-electron chi connectivity index (χ3n) is 6.95. The molecule has 2 aromatic carbocycles. The highest BCUT2D eigenvalue weighted by Crippen LogP contribution is 2.31. The first-order chi connectivity index (χ1) is 18.0. The molecule has 1 fully saturated rings. The van der Waals surface area contributed by atoms with Gasteiger partial charge in [-0.3, -0.25) is 9.78 Å². The zero-order valence-corrected chi connectivity index (χ0v) is 22.3. The van der Waals surface area contributed by atoms with E-state index in [2.05, 4.69) is 4.98 Å². The fraction of sp³-hybridized carbons (Fsp3) is 0.310. The summed E-state index contributed by atoms with van der Waals surface area (Å²) < 4.78 is 29.9. The number of thiophene rings is 1. The molecular formula is C29H31N3O3S2. The van der Waals surface area contributed by atoms with Crippen molar-refractivity contribution in [2.45, 2.75) is 56.1 Å². The van der Waals surface area contributed by atoms with E-state index in [0.717, 1.165) is 47.9 Å². The van der Waals surface area contributed by atoms with Gasteiger partial charge in [-0.15, -0.1) is 11.3 Å². The van der Waals surface area contributed by atoms with Gasteiger partial charge in [-0.25, -0.2) is 8.42 Å². The molecule has 1 aliphatic rings. The molecule has 4 aromatic rings. The van der Waals surface area contributed by atoms with E-state index in [0.29, 0.717) is 18.6 Å². The number of pyridine rings is 1. The van der Waals surface area contributed by atoms with Crippen LogP contribution >= 0.6 is 11.3 Å². The van der Waals surface area contributed by atoms with Crippen LogP contribution in [0.25, 0.3) is 10.9 Å². The number of rotatable bonds is 9. The Hall–Kier alpha value is -3.07. The molecule has 6 nitrogen and oxygen atoms in total. The Morgan fingerprint density at radius 3 is 2.43 bits per heavy atom. The number of para-hydroxylation sites is 1. The van der Waals surface area contributed by atoms with Crippen molar-refractivity contribution >= 4 is 38.2 Å². The molecule has 0 aliphatic heterocycles. The van der Waals surface area contributed by atoms with E-state index in [-0.39, 0.29) is 23.4 Å². The summed E-state index contributed by atoms with van der Waals surface area (Å²) in [6, 6.07) is 22.5. The largest absolute Gasteiger partial charge is 0.332 e. The van der Waals surface area contributed by atoms with Crippen LogP contribution in [0.5, 0.6) is 0 Å². The lowest BCUT2D eigenvalue weighted by Crippen LogP contribution is -2.47. The molecule has 1 aliphatic carbocycles. The normalized spacial score (nSPS) is 14.7. The van der Waals surface area contributed by atoms with E-state index in [1.54, 1.807) is 40.6 Å². The van der Waals surface area contributed by atoms with Gasteiger partial charge in [-0.05, 0) is 42.0 Å². The van der Waals surface area contributed by atoms with E-state index >= 15 is 0 Å². The lowest BCUT2D eigenvalue weighted by Gasteiger charge is -2.34. The van der Waals surface area contributed by atoms with Crippen LogP contribution in [0.3, 0.4) is 0 Å². The second-order valence-corrected chi connectivity index (χ2v) is 12.4. The Morgan fingerprint density at radius 2 is 1.68 bits per heavy atom. The Bertz CT molecular complexity index is 1430. The van der Waals surface area contributed by atoms with Crippen LogP contribution in [0.2, 0.25) is 0 Å². The van der Waals surface area contributed by atoms with Crippen LogP contribution in [0.4, 0.5) is 0 Å². The monoisotopic (exact) mass is 533 g/mol. The van der Waals surface area contributed by atoms with E-state index in [4.69, 9.17) is 0 Å². The third kappa shape index (κ3) is 5.92. The Balaban J connectivity index is 1.49. The summed E-state index contributed by atoms with van der Waals surface area (Å²) in [6.45, 7) is 0.681. The number of carbonyl (C=O) groups excluding carboxylic acids is 1. The van der Waals surface area contributed by atoms with Crippen LogP contribution in [0, 0.1) is 0 Å². The highest BCUT2D eigenvalue weighted by atomic mass is 32.2. The van der Waals surface area contributed by atoms with Crippen molar-refractivity contribution in [3.63, 3.8) is 0 Å². The van der Waals surface area contributed by atoms with Crippen molar-refractivity contribution in [2.24, 2.45) is 0 Å². The highest BCUT2D eigenvalue weighted by Gasteiger charge is 2.36. The summed E-state index contributed by atoms with van der Waals surface area (Å²) in [5.41, 5.74) is 1.45. The topological polar surface area (TPSA) is 70.6 Å². The molecule has 0 bridgehead atoms. The number of amides is 1. The molecule has 37 heavy (non-hydrogen) atoms. The van der Waals surface area contributed by atoms with Crippen molar-refractivity contribution in [1.82, 2.24) is 14.2 Å². The van der Waals surface area contributed by atoms with Gasteiger partial charge >= 0.3 is 0 Å². The molecule has 192 valence electrons. The molecular weight excluding hydrogens is 502 g/mol. The summed E-state index contributed by atoms with van der Waals surface area (Å²) in [6.07, 6.45) is 6.14. The van der Waals surface area contributed by atoms with Crippen molar-refractivity contribution in [2.75, 3.05) is 6.54 Å². The fourth-order valence-electron chi connectivity index (χ4n) is 5.05. The maximum Gasteiger partial charge on any atom is 0.245 e. The van der Waals surface area contributed by atoms with Gasteiger partial charge < -0.3 is 4.90 Å². The van der Waals surface area contributed by atoms with Crippen molar-refractivity contribution in [3.05, 3.63) is 94.8 Å². The van der Waals surface area contributed by atoms with Crippen molar-refractivity contribution in [1.29, 1.82) is 0 Å². The molecule has 1 amide bonds. The lowest BCUT2D eigenvalue weighted by atomic mass is 9.95. The Kier molecular flexibility index (Phi) is 7.98. The standard InChI is InChI=1S/C29H31N3O3S2/c33-28(31(21-26-16-9-19-36-26)20-23-10-3-1-4-11-23)22-32(25-14-5-2-6-15-25)37(34,35)27-17-7-12-24-13-8-18-30-29(24)27/h1,3-4,7-13,16-19,25H,2,5-6,14-15,20-22H2. The van der Waals surface area contributed by atoms with Gasteiger partial charge in [0, 0.05) is 29.0 Å². The number of nitrogens with zero attached hydrogens (tertiary/aromatic N) is 3. The average Bonchev–Trinajstić information content (AvgIpc) is 3.45. The molecule has 0 saturated heterocycles. The first-order valence-electron chi connectivity index (χ1n) is 12.7. The third-order valence-corrected chi connectivity index (χ3v) is 9.74. The summed E-state index contributed by atoms with van der Waals surface area (Å²) in [7, 11) is -3.96. The fourth-order valence-corrected chi connectivity index (χ4v) is 7.57. The minimum absolute atomic E-state index is 0.164. The van der Waals surface area contributed by atoms with Gasteiger partial charge in [0.1, 0.15) is 4.90 Å². The minimum Gasteiger partial charge on any atom is -0.332 e. The van der Waals surface area contributed by atoms with Crippen molar-refractivity contribution < 1.29 is 13.2 Å². The van der Waals surface area contributed by atoms with Gasteiger partial charge in [0.05, 0.1) is 18.6 Å². The lowest BCUT2D eigenvalue weighted by molar-refractivity contribution is -0.133. The number of benzene rings is 2. The van der Waals surface area contributed by atoms with E-state index in [9.17, 15) is 13.2 Å². The van der Waals surface area contributed by atoms with Gasteiger partial charge in [0.25, 0.3) is 0 Å². The van der Waals surface area contributed by atoms with E-state index in [1.807, 2.05) is 60.0 Å². The van der Waals surface area contributed by atoms with E-state index < -0.39 is 10.0 Å². The maximum absolute atomic E-state index is 14.2. The zero-order chi connectivity index (χ0) is 25.7. The first kappa shape index (κ1) is 25.6. The Morgan fingerprint density at radius 1 is 0.892 bits per heavy atom. The SMILES string of the molecule is O=C(CN(C1CCCCC1)S(=O)(=O)c1cccc2cccnc12)N(Cc1ccccc1)Cc1cccs1. The number of hydrogen-bond donors (Lipinski definition) is 0. The number of carbonyl (C=O) groups is 1. The van der Waals surface area contributed by atoms with Gasteiger partial charge in [-0.1, -0.05) is 73.9 Å². The first-order valence-corrected chi connectivity index (χ1v) is 15.0. The van der Waals surface area contributed by atoms with Crippen LogP contribution < -0.4 is 0 Å². The summed E-state index contributed by atoms with van der Waals surface area (Å²) in [4.78, 5) is 21.3. The maximum atomic E-state index is 14.2. The second kappa shape index (κ2) is 11.5. The van der Waals surface area contributed by atoms with Gasteiger partial charge in [-0.2, -0.15) is 4.31 Å². The van der Waals surface area contributed by atoms with Gasteiger partial charge in [0.2, 0.25) is 15.9 Å². The number of sulfonamides is 1. The molecule has 2 heterocycles. The van der Waals surface area contributed by atoms with Crippen LogP contribution in [0.1, 0.15) is 42.5 Å². The summed E-state index contributed by atoms with van der Waals surface area (Å²) in [5.74, 6) is -0.195. The average molecular weight is 534 g/mol. The summed E-state index contributed by atoms with van der Waals surface area (Å²) in [5, 5.41) is 2.76. The molecule has 0 radical (unpaired) electrons. The molecule has 0 unspecified atom stereocenters. The Labute approximate surface area is 222 Å². The molecule has 0 spiro atoms. The molecule has 8 heteroatoms. The highest BCUT2D eigenvalue weighted by molar-refractivity contribution is 7.89. The van der Waals surface area contributed by atoms with Crippen molar-refractivity contribution in [3.8, 4) is 0 Å². The molecule has 0 atom stereocenters. The molecule has 0 N–H and O–H groups in total. The molecule has 1 saturated carbocycles. The predicted octanol–water partition coefficient (Wildman–Crippen LogP) is 5.85. The van der Waals surface area contributed by atoms with Crippen LogP contribution in [0.15, 0.2) is 89.3 Å². The van der Waals surface area contributed by atoms with Gasteiger partial charge in [0.15, 0.2) is 0 Å². The number of fused-ring (bicyclic) bond motifs is 1. The molecule has 5 rings (SSSR count). The second-order valence-electron chi connectivity index (χ2n) is 9.49. The quantitative estimate of drug-likeness (QED) is 0.271.